The Labute approximate surface area is 172 Å². The molecule has 7 heteroatoms. The summed E-state index contributed by atoms with van der Waals surface area (Å²) < 4.78 is 12.5. The zero-order chi connectivity index (χ0) is 19.6. The molecule has 5 rings (SSSR count). The third kappa shape index (κ3) is 3.71. The van der Waals surface area contributed by atoms with Gasteiger partial charge in [-0.3, -0.25) is 9.69 Å². The number of benzene rings is 1. The molecule has 4 heterocycles. The van der Waals surface area contributed by atoms with E-state index in [4.69, 9.17) is 8.83 Å². The fraction of sp³-hybridized carbons (Fsp3) is 0.273. The number of amides is 1. The average Bonchev–Trinajstić information content (AvgIpc) is 3.55. The third-order valence-electron chi connectivity index (χ3n) is 5.24. The van der Waals surface area contributed by atoms with Crippen LogP contribution in [0.3, 0.4) is 0 Å². The number of carbonyl (C=O) groups is 1. The van der Waals surface area contributed by atoms with E-state index in [0.717, 1.165) is 34.1 Å². The van der Waals surface area contributed by atoms with Gasteiger partial charge in [0.15, 0.2) is 16.5 Å². The van der Waals surface area contributed by atoms with Crippen molar-refractivity contribution in [1.82, 2.24) is 15.2 Å². The van der Waals surface area contributed by atoms with Crippen molar-refractivity contribution >= 4 is 27.5 Å². The lowest BCUT2D eigenvalue weighted by molar-refractivity contribution is 0.0907. The van der Waals surface area contributed by atoms with Gasteiger partial charge in [0.2, 0.25) is 0 Å². The van der Waals surface area contributed by atoms with Crippen LogP contribution in [0.4, 0.5) is 0 Å². The number of para-hydroxylation sites is 1. The minimum atomic E-state index is -0.229. The van der Waals surface area contributed by atoms with Crippen molar-refractivity contribution in [3.8, 4) is 10.8 Å². The van der Waals surface area contributed by atoms with E-state index in [1.807, 2.05) is 36.4 Å². The Morgan fingerprint density at radius 3 is 2.79 bits per heavy atom. The van der Waals surface area contributed by atoms with Crippen LogP contribution in [0.2, 0.25) is 0 Å². The van der Waals surface area contributed by atoms with Gasteiger partial charge in [-0.25, -0.2) is 4.98 Å². The number of thiazole rings is 1. The minimum absolute atomic E-state index is 0.0372. The van der Waals surface area contributed by atoms with E-state index in [2.05, 4.69) is 15.2 Å². The van der Waals surface area contributed by atoms with E-state index < -0.39 is 0 Å². The number of rotatable bonds is 6. The highest BCUT2D eigenvalue weighted by Gasteiger charge is 2.26. The van der Waals surface area contributed by atoms with Gasteiger partial charge in [-0.1, -0.05) is 12.1 Å². The minimum Gasteiger partial charge on any atom is -0.468 e. The molecule has 1 fully saturated rings. The highest BCUT2D eigenvalue weighted by Crippen LogP contribution is 2.31. The van der Waals surface area contributed by atoms with Crippen molar-refractivity contribution in [2.24, 2.45) is 0 Å². The second-order valence-electron chi connectivity index (χ2n) is 7.13. The number of aromatic nitrogens is 1. The van der Waals surface area contributed by atoms with Gasteiger partial charge in [0.05, 0.1) is 22.5 Å². The van der Waals surface area contributed by atoms with Crippen molar-refractivity contribution < 1.29 is 13.6 Å². The van der Waals surface area contributed by atoms with Crippen LogP contribution in [0.5, 0.6) is 0 Å². The fourth-order valence-electron chi connectivity index (χ4n) is 3.77. The molecular weight excluding hydrogens is 386 g/mol. The van der Waals surface area contributed by atoms with E-state index in [0.29, 0.717) is 18.1 Å². The molecule has 148 valence electrons. The second-order valence-corrected chi connectivity index (χ2v) is 8.17. The Morgan fingerprint density at radius 1 is 1.14 bits per heavy atom. The number of likely N-dealkylation sites (tertiary alicyclic amines) is 1. The molecule has 3 aromatic heterocycles. The first kappa shape index (κ1) is 18.1. The number of nitrogens with zero attached hydrogens (tertiary/aromatic N) is 2. The molecule has 29 heavy (non-hydrogen) atoms. The summed E-state index contributed by atoms with van der Waals surface area (Å²) >= 11 is 1.55. The first-order chi connectivity index (χ1) is 14.3. The van der Waals surface area contributed by atoms with Crippen molar-refractivity contribution in [1.29, 1.82) is 0 Å². The second kappa shape index (κ2) is 7.85. The van der Waals surface area contributed by atoms with E-state index >= 15 is 0 Å². The first-order valence-electron chi connectivity index (χ1n) is 9.79. The molecule has 1 atom stereocenters. The standard InChI is InChI=1S/C22H21N3O3S/c26-21(23-14-16(17-7-5-13-27-17)25-11-3-4-12-25)18-9-10-19(28-18)22-24-15-6-1-2-8-20(15)29-22/h1-2,5-10,13,16H,3-4,11-12,14H2,(H,23,26). The van der Waals surface area contributed by atoms with Gasteiger partial charge in [0, 0.05) is 6.54 Å². The van der Waals surface area contributed by atoms with Gasteiger partial charge in [0.1, 0.15) is 5.76 Å². The first-order valence-corrected chi connectivity index (χ1v) is 10.6. The van der Waals surface area contributed by atoms with Crippen LogP contribution in [0.25, 0.3) is 21.0 Å². The normalized spacial score (nSPS) is 15.7. The summed E-state index contributed by atoms with van der Waals surface area (Å²) in [6, 6.07) is 15.3. The quantitative estimate of drug-likeness (QED) is 0.501. The van der Waals surface area contributed by atoms with Gasteiger partial charge in [-0.15, -0.1) is 11.3 Å². The van der Waals surface area contributed by atoms with Gasteiger partial charge >= 0.3 is 0 Å². The largest absolute Gasteiger partial charge is 0.468 e. The SMILES string of the molecule is O=C(NCC(c1ccco1)N1CCCC1)c1ccc(-c2nc3ccccc3s2)o1. The monoisotopic (exact) mass is 407 g/mol. The molecule has 0 radical (unpaired) electrons. The van der Waals surface area contributed by atoms with E-state index in [-0.39, 0.29) is 11.9 Å². The topological polar surface area (TPSA) is 71.5 Å². The number of nitrogens with one attached hydrogen (secondary N) is 1. The maximum atomic E-state index is 12.7. The Hall–Kier alpha value is -2.90. The Morgan fingerprint density at radius 2 is 2.00 bits per heavy atom. The van der Waals surface area contributed by atoms with Gasteiger partial charge < -0.3 is 14.2 Å². The van der Waals surface area contributed by atoms with Crippen molar-refractivity contribution in [2.75, 3.05) is 19.6 Å². The summed E-state index contributed by atoms with van der Waals surface area (Å²) in [6.07, 6.45) is 4.03. The van der Waals surface area contributed by atoms with Crippen molar-refractivity contribution in [3.63, 3.8) is 0 Å². The third-order valence-corrected chi connectivity index (χ3v) is 6.29. The molecule has 0 aliphatic carbocycles. The van der Waals surface area contributed by atoms with E-state index in [1.165, 1.54) is 12.8 Å². The Bertz CT molecular complexity index is 1080. The molecule has 0 spiro atoms. The maximum Gasteiger partial charge on any atom is 0.287 e. The molecule has 0 bridgehead atoms. The fourth-order valence-corrected chi connectivity index (χ4v) is 4.70. The molecule has 6 nitrogen and oxygen atoms in total. The van der Waals surface area contributed by atoms with E-state index in [1.54, 1.807) is 29.7 Å². The predicted molar refractivity (Wildman–Crippen MR) is 112 cm³/mol. The van der Waals surface area contributed by atoms with Crippen LogP contribution in [0, 0.1) is 0 Å². The molecule has 1 saturated heterocycles. The molecular formula is C22H21N3O3S. The summed E-state index contributed by atoms with van der Waals surface area (Å²) in [6.45, 7) is 2.51. The van der Waals surface area contributed by atoms with Gasteiger partial charge in [-0.2, -0.15) is 0 Å². The number of hydrogen-bond donors (Lipinski definition) is 1. The number of furan rings is 2. The van der Waals surface area contributed by atoms with E-state index in [9.17, 15) is 4.79 Å². The van der Waals surface area contributed by atoms with Crippen molar-refractivity contribution in [3.05, 3.63) is 66.3 Å². The summed E-state index contributed by atoms with van der Waals surface area (Å²) in [5.41, 5.74) is 0.932. The molecule has 1 amide bonds. The van der Waals surface area contributed by atoms with Crippen LogP contribution in [-0.2, 0) is 0 Å². The van der Waals surface area contributed by atoms with Crippen LogP contribution in [0.1, 0.15) is 35.2 Å². The molecule has 1 aliphatic heterocycles. The molecule has 1 aromatic carbocycles. The average molecular weight is 407 g/mol. The summed E-state index contributed by atoms with van der Waals surface area (Å²) in [5.74, 6) is 1.55. The predicted octanol–water partition coefficient (Wildman–Crippen LogP) is 4.72. The zero-order valence-electron chi connectivity index (χ0n) is 15.8. The molecule has 1 aliphatic rings. The van der Waals surface area contributed by atoms with Crippen LogP contribution in [-0.4, -0.2) is 35.4 Å². The lowest BCUT2D eigenvalue weighted by Gasteiger charge is -2.25. The maximum absolute atomic E-state index is 12.7. The van der Waals surface area contributed by atoms with Crippen LogP contribution >= 0.6 is 11.3 Å². The zero-order valence-corrected chi connectivity index (χ0v) is 16.7. The Balaban J connectivity index is 1.29. The van der Waals surface area contributed by atoms with Crippen molar-refractivity contribution in [2.45, 2.75) is 18.9 Å². The smallest absolute Gasteiger partial charge is 0.287 e. The molecule has 1 unspecified atom stereocenters. The van der Waals surface area contributed by atoms with Gasteiger partial charge in [-0.05, 0) is 62.3 Å². The number of hydrogen-bond acceptors (Lipinski definition) is 6. The summed E-state index contributed by atoms with van der Waals surface area (Å²) in [5, 5.41) is 3.78. The lowest BCUT2D eigenvalue weighted by Crippen LogP contribution is -2.36. The summed E-state index contributed by atoms with van der Waals surface area (Å²) in [7, 11) is 0. The molecule has 4 aromatic rings. The van der Waals surface area contributed by atoms with Crippen LogP contribution in [0.15, 0.2) is 63.6 Å². The molecule has 1 N–H and O–H groups in total. The highest BCUT2D eigenvalue weighted by atomic mass is 32.1. The highest BCUT2D eigenvalue weighted by molar-refractivity contribution is 7.21. The number of carbonyl (C=O) groups excluding carboxylic acids is 1. The number of fused-ring (bicyclic) bond motifs is 1. The Kier molecular flexibility index (Phi) is 4.91. The lowest BCUT2D eigenvalue weighted by atomic mass is 10.2. The van der Waals surface area contributed by atoms with Crippen LogP contribution < -0.4 is 5.32 Å². The summed E-state index contributed by atoms with van der Waals surface area (Å²) in [4.78, 5) is 19.6. The van der Waals surface area contributed by atoms with Gasteiger partial charge in [0.25, 0.3) is 5.91 Å². The molecule has 0 saturated carbocycles.